The number of rotatable bonds is 3. The Kier molecular flexibility index (Phi) is 3.42. The molecule has 0 aliphatic rings. The highest BCUT2D eigenvalue weighted by molar-refractivity contribution is 9.10. The van der Waals surface area contributed by atoms with Crippen LogP contribution in [-0.2, 0) is 6.61 Å². The van der Waals surface area contributed by atoms with Gasteiger partial charge in [-0.05, 0) is 35.9 Å². The molecule has 4 rings (SSSR count). The first kappa shape index (κ1) is 14.1. The van der Waals surface area contributed by atoms with Crippen molar-refractivity contribution in [2.24, 2.45) is 0 Å². The fraction of sp³-hybridized carbons (Fsp3) is 0.0556. The Labute approximate surface area is 139 Å². The van der Waals surface area contributed by atoms with Crippen LogP contribution in [0.2, 0.25) is 0 Å². The van der Waals surface area contributed by atoms with E-state index in [1.807, 2.05) is 36.4 Å². The minimum atomic E-state index is -0.421. The van der Waals surface area contributed by atoms with E-state index in [4.69, 9.17) is 13.6 Å². The number of furan rings is 1. The van der Waals surface area contributed by atoms with E-state index in [-0.39, 0.29) is 0 Å². The van der Waals surface area contributed by atoms with E-state index in [1.54, 1.807) is 12.3 Å². The predicted octanol–water partition coefficient (Wildman–Crippen LogP) is 4.88. The van der Waals surface area contributed by atoms with Gasteiger partial charge in [-0.2, -0.15) is 0 Å². The number of halogens is 1. The van der Waals surface area contributed by atoms with Crippen molar-refractivity contribution in [2.75, 3.05) is 0 Å². The Morgan fingerprint density at radius 3 is 2.74 bits per heavy atom. The van der Waals surface area contributed by atoms with E-state index in [1.165, 1.54) is 6.07 Å². The lowest BCUT2D eigenvalue weighted by Crippen LogP contribution is -1.99. The molecule has 2 aromatic heterocycles. The van der Waals surface area contributed by atoms with Crippen LogP contribution in [0.3, 0.4) is 0 Å². The van der Waals surface area contributed by atoms with Gasteiger partial charge in [-0.1, -0.05) is 28.1 Å². The van der Waals surface area contributed by atoms with Gasteiger partial charge >= 0.3 is 5.63 Å². The van der Waals surface area contributed by atoms with E-state index in [0.717, 1.165) is 20.8 Å². The van der Waals surface area contributed by atoms with E-state index < -0.39 is 5.63 Å². The minimum Gasteiger partial charge on any atom is -0.481 e. The topological polar surface area (TPSA) is 52.6 Å². The SMILES string of the molecule is O=c1ccc2cc3ccoc3c(OCc3cccc(Br)c3)c2o1. The molecule has 114 valence electrons. The molecule has 5 heteroatoms. The molecule has 4 nitrogen and oxygen atoms in total. The molecule has 0 unspecified atom stereocenters. The molecule has 0 aliphatic heterocycles. The van der Waals surface area contributed by atoms with Crippen molar-refractivity contribution < 1.29 is 13.6 Å². The van der Waals surface area contributed by atoms with Gasteiger partial charge in [-0.25, -0.2) is 4.79 Å². The molecular formula is C18H11BrO4. The second-order valence-corrected chi connectivity index (χ2v) is 6.05. The quantitative estimate of drug-likeness (QED) is 0.482. The molecule has 2 heterocycles. The summed E-state index contributed by atoms with van der Waals surface area (Å²) in [6.45, 7) is 0.340. The monoisotopic (exact) mass is 370 g/mol. The number of ether oxygens (including phenoxy) is 1. The summed E-state index contributed by atoms with van der Waals surface area (Å²) in [4.78, 5) is 11.6. The summed E-state index contributed by atoms with van der Waals surface area (Å²) in [7, 11) is 0. The second-order valence-electron chi connectivity index (χ2n) is 5.14. The van der Waals surface area contributed by atoms with E-state index in [9.17, 15) is 4.79 Å². The number of benzene rings is 2. The van der Waals surface area contributed by atoms with Gasteiger partial charge in [0.25, 0.3) is 0 Å². The van der Waals surface area contributed by atoms with E-state index in [0.29, 0.717) is 23.5 Å². The summed E-state index contributed by atoms with van der Waals surface area (Å²) in [5.41, 5.74) is 1.54. The first-order valence-electron chi connectivity index (χ1n) is 7.02. The van der Waals surface area contributed by atoms with Crippen molar-refractivity contribution in [3.8, 4) is 5.75 Å². The molecule has 2 aromatic carbocycles. The molecule has 0 aliphatic carbocycles. The van der Waals surface area contributed by atoms with Crippen LogP contribution < -0.4 is 10.4 Å². The van der Waals surface area contributed by atoms with Crippen LogP contribution in [0.15, 0.2) is 72.9 Å². The molecule has 0 N–H and O–H groups in total. The maximum atomic E-state index is 11.6. The van der Waals surface area contributed by atoms with Crippen LogP contribution in [-0.4, -0.2) is 0 Å². The average Bonchev–Trinajstić information content (AvgIpc) is 3.00. The fourth-order valence-electron chi connectivity index (χ4n) is 2.52. The van der Waals surface area contributed by atoms with E-state index >= 15 is 0 Å². The molecule has 0 atom stereocenters. The summed E-state index contributed by atoms with van der Waals surface area (Å²) < 4.78 is 17.8. The Hall–Kier alpha value is -2.53. The molecule has 4 aromatic rings. The van der Waals surface area contributed by atoms with Gasteiger partial charge in [0.1, 0.15) is 6.61 Å². The van der Waals surface area contributed by atoms with Crippen molar-refractivity contribution in [1.29, 1.82) is 0 Å². The molecule has 0 bridgehead atoms. The molecule has 23 heavy (non-hydrogen) atoms. The summed E-state index contributed by atoms with van der Waals surface area (Å²) in [5.74, 6) is 0.445. The number of hydrogen-bond acceptors (Lipinski definition) is 4. The Morgan fingerprint density at radius 1 is 1.00 bits per heavy atom. The van der Waals surface area contributed by atoms with Crippen LogP contribution in [0.25, 0.3) is 21.9 Å². The zero-order valence-corrected chi connectivity index (χ0v) is 13.5. The molecule has 0 radical (unpaired) electrons. The summed E-state index contributed by atoms with van der Waals surface area (Å²) >= 11 is 3.44. The van der Waals surface area contributed by atoms with Crippen molar-refractivity contribution in [3.63, 3.8) is 0 Å². The predicted molar refractivity (Wildman–Crippen MR) is 90.7 cm³/mol. The normalized spacial score (nSPS) is 11.2. The van der Waals surface area contributed by atoms with Crippen molar-refractivity contribution in [3.05, 3.63) is 75.3 Å². The number of hydrogen-bond donors (Lipinski definition) is 0. The fourth-order valence-corrected chi connectivity index (χ4v) is 2.97. The van der Waals surface area contributed by atoms with Gasteiger partial charge < -0.3 is 13.6 Å². The van der Waals surface area contributed by atoms with Gasteiger partial charge in [0.15, 0.2) is 11.2 Å². The lowest BCUT2D eigenvalue weighted by atomic mass is 10.1. The minimum absolute atomic E-state index is 0.340. The highest BCUT2D eigenvalue weighted by Crippen LogP contribution is 2.35. The maximum Gasteiger partial charge on any atom is 0.336 e. The van der Waals surface area contributed by atoms with Gasteiger partial charge in [0.2, 0.25) is 5.75 Å². The Balaban J connectivity index is 1.84. The van der Waals surface area contributed by atoms with Crippen LogP contribution in [0, 0.1) is 0 Å². The lowest BCUT2D eigenvalue weighted by Gasteiger charge is -2.09. The highest BCUT2D eigenvalue weighted by atomic mass is 79.9. The standard InChI is InChI=1S/C18H11BrO4/c19-14-3-1-2-11(8-14)10-22-18-16-13(6-7-21-16)9-12-4-5-15(20)23-17(12)18/h1-9H,10H2. The third-order valence-electron chi connectivity index (χ3n) is 3.56. The van der Waals surface area contributed by atoms with Gasteiger partial charge in [0.05, 0.1) is 6.26 Å². The number of fused-ring (bicyclic) bond motifs is 2. The highest BCUT2D eigenvalue weighted by Gasteiger charge is 2.14. The Bertz CT molecular complexity index is 1060. The Morgan fingerprint density at radius 2 is 1.87 bits per heavy atom. The van der Waals surface area contributed by atoms with E-state index in [2.05, 4.69) is 15.9 Å². The van der Waals surface area contributed by atoms with Crippen molar-refractivity contribution >= 4 is 37.9 Å². The molecule has 0 spiro atoms. The van der Waals surface area contributed by atoms with Crippen LogP contribution in [0.4, 0.5) is 0 Å². The van der Waals surface area contributed by atoms with Gasteiger partial charge in [-0.3, -0.25) is 0 Å². The second kappa shape index (κ2) is 5.59. The zero-order valence-electron chi connectivity index (χ0n) is 11.9. The first-order valence-corrected chi connectivity index (χ1v) is 7.81. The molecular weight excluding hydrogens is 360 g/mol. The molecule has 0 amide bonds. The third kappa shape index (κ3) is 2.64. The molecule has 0 saturated heterocycles. The van der Waals surface area contributed by atoms with Crippen molar-refractivity contribution in [1.82, 2.24) is 0 Å². The zero-order chi connectivity index (χ0) is 15.8. The molecule has 0 saturated carbocycles. The largest absolute Gasteiger partial charge is 0.481 e. The van der Waals surface area contributed by atoms with Crippen LogP contribution in [0.1, 0.15) is 5.56 Å². The van der Waals surface area contributed by atoms with Crippen molar-refractivity contribution in [2.45, 2.75) is 6.61 Å². The van der Waals surface area contributed by atoms with Crippen LogP contribution >= 0.6 is 15.9 Å². The summed E-state index contributed by atoms with van der Waals surface area (Å²) in [6.07, 6.45) is 1.59. The maximum absolute atomic E-state index is 11.6. The average molecular weight is 371 g/mol. The first-order chi connectivity index (χ1) is 11.2. The summed E-state index contributed by atoms with van der Waals surface area (Å²) in [5, 5.41) is 1.69. The van der Waals surface area contributed by atoms with Gasteiger partial charge in [0, 0.05) is 21.3 Å². The van der Waals surface area contributed by atoms with Crippen LogP contribution in [0.5, 0.6) is 5.75 Å². The van der Waals surface area contributed by atoms with Gasteiger partial charge in [-0.15, -0.1) is 0 Å². The smallest absolute Gasteiger partial charge is 0.336 e. The molecule has 0 fully saturated rings. The summed E-state index contributed by atoms with van der Waals surface area (Å²) in [6, 6.07) is 14.7. The third-order valence-corrected chi connectivity index (χ3v) is 4.05. The lowest BCUT2D eigenvalue weighted by molar-refractivity contribution is 0.303.